The predicted octanol–water partition coefficient (Wildman–Crippen LogP) is 2.61. The quantitative estimate of drug-likeness (QED) is 0.813. The maximum Gasteiger partial charge on any atom is 0.231 e. The van der Waals surface area contributed by atoms with Crippen LogP contribution in [0.25, 0.3) is 0 Å². The first-order valence-corrected chi connectivity index (χ1v) is 9.14. The van der Waals surface area contributed by atoms with Gasteiger partial charge in [-0.2, -0.15) is 0 Å². The van der Waals surface area contributed by atoms with Crippen molar-refractivity contribution in [3.8, 4) is 11.5 Å². The molecule has 6 heteroatoms. The molecule has 1 aromatic rings. The van der Waals surface area contributed by atoms with Crippen molar-refractivity contribution in [3.63, 3.8) is 0 Å². The lowest BCUT2D eigenvalue weighted by atomic mass is 9.95. The molecule has 24 heavy (non-hydrogen) atoms. The Hall–Kier alpha value is -1.01. The number of methoxy groups -OCH3 is 1. The number of ether oxygens (including phenoxy) is 3. The highest BCUT2D eigenvalue weighted by Crippen LogP contribution is 2.38. The van der Waals surface area contributed by atoms with Gasteiger partial charge in [0, 0.05) is 57.0 Å². The molecule has 0 saturated carbocycles. The van der Waals surface area contributed by atoms with Crippen molar-refractivity contribution < 1.29 is 14.2 Å². The van der Waals surface area contributed by atoms with E-state index >= 15 is 0 Å². The molecule has 4 heterocycles. The lowest BCUT2D eigenvalue weighted by Crippen LogP contribution is -2.45. The van der Waals surface area contributed by atoms with Crippen LogP contribution in [0, 0.1) is 5.92 Å². The number of halogens is 1. The van der Waals surface area contributed by atoms with Gasteiger partial charge >= 0.3 is 0 Å². The van der Waals surface area contributed by atoms with Crippen molar-refractivity contribution in [2.45, 2.75) is 25.4 Å². The van der Waals surface area contributed by atoms with E-state index < -0.39 is 0 Å². The van der Waals surface area contributed by atoms with Crippen molar-refractivity contribution in [1.82, 2.24) is 9.80 Å². The van der Waals surface area contributed by atoms with Crippen LogP contribution in [0.5, 0.6) is 11.5 Å². The highest BCUT2D eigenvalue weighted by molar-refractivity contribution is 6.31. The predicted molar refractivity (Wildman–Crippen MR) is 92.8 cm³/mol. The number of rotatable bonds is 5. The average molecular weight is 353 g/mol. The van der Waals surface area contributed by atoms with E-state index in [0.29, 0.717) is 6.04 Å². The van der Waals surface area contributed by atoms with Crippen LogP contribution in [0.1, 0.15) is 18.4 Å². The summed E-state index contributed by atoms with van der Waals surface area (Å²) in [5.74, 6) is 2.31. The second kappa shape index (κ2) is 7.08. The monoisotopic (exact) mass is 352 g/mol. The van der Waals surface area contributed by atoms with E-state index in [1.807, 2.05) is 12.1 Å². The van der Waals surface area contributed by atoms with Gasteiger partial charge in [0.2, 0.25) is 6.79 Å². The molecular weight excluding hydrogens is 328 g/mol. The molecule has 5 rings (SSSR count). The first-order valence-electron chi connectivity index (χ1n) is 8.76. The molecule has 0 spiro atoms. The topological polar surface area (TPSA) is 34.2 Å². The summed E-state index contributed by atoms with van der Waals surface area (Å²) in [5, 5.41) is 0.770. The van der Waals surface area contributed by atoms with Crippen molar-refractivity contribution in [2.24, 2.45) is 5.92 Å². The van der Waals surface area contributed by atoms with Crippen LogP contribution in [0.3, 0.4) is 0 Å². The first kappa shape index (κ1) is 16.5. The molecule has 4 aliphatic heterocycles. The maximum absolute atomic E-state index is 6.46. The number of hydrogen-bond donors (Lipinski definition) is 0. The molecule has 3 saturated heterocycles. The summed E-state index contributed by atoms with van der Waals surface area (Å²) in [5.41, 5.74) is 1.13. The molecule has 5 nitrogen and oxygen atoms in total. The van der Waals surface area contributed by atoms with Crippen LogP contribution in [-0.4, -0.2) is 62.5 Å². The van der Waals surface area contributed by atoms with Gasteiger partial charge in [-0.05, 0) is 30.4 Å². The van der Waals surface area contributed by atoms with Crippen LogP contribution >= 0.6 is 11.6 Å². The van der Waals surface area contributed by atoms with Gasteiger partial charge in [0.15, 0.2) is 11.5 Å². The summed E-state index contributed by atoms with van der Waals surface area (Å²) in [7, 11) is 1.78. The molecular formula is C18H25ClN2O3. The molecule has 132 valence electrons. The third-order valence-electron chi connectivity index (χ3n) is 5.42. The van der Waals surface area contributed by atoms with Crippen molar-refractivity contribution in [3.05, 3.63) is 22.7 Å². The molecule has 3 fully saturated rings. The van der Waals surface area contributed by atoms with Crippen LogP contribution in [0.4, 0.5) is 0 Å². The lowest BCUT2D eigenvalue weighted by Gasteiger charge is -2.35. The molecule has 0 radical (unpaired) electrons. The normalized spacial score (nSPS) is 26.8. The van der Waals surface area contributed by atoms with Crippen LogP contribution in [0.15, 0.2) is 12.1 Å². The minimum Gasteiger partial charge on any atom is -0.454 e. The minimum absolute atomic E-state index is 0.289. The largest absolute Gasteiger partial charge is 0.454 e. The Morgan fingerprint density at radius 1 is 1.17 bits per heavy atom. The van der Waals surface area contributed by atoms with Crippen LogP contribution in [0.2, 0.25) is 5.02 Å². The van der Waals surface area contributed by atoms with Gasteiger partial charge in [0.25, 0.3) is 0 Å². The van der Waals surface area contributed by atoms with E-state index in [-0.39, 0.29) is 6.79 Å². The average Bonchev–Trinajstić information content (AvgIpc) is 2.84. The van der Waals surface area contributed by atoms with Gasteiger partial charge in [0.1, 0.15) is 0 Å². The summed E-state index contributed by atoms with van der Waals surface area (Å²) in [6.07, 6.45) is 2.62. The van der Waals surface area contributed by atoms with Gasteiger partial charge in [-0.25, -0.2) is 0 Å². The molecule has 2 atom stereocenters. The Bertz CT molecular complexity index is 598. The van der Waals surface area contributed by atoms with E-state index in [4.69, 9.17) is 25.8 Å². The van der Waals surface area contributed by atoms with E-state index in [1.165, 1.54) is 19.4 Å². The van der Waals surface area contributed by atoms with Crippen LogP contribution < -0.4 is 9.47 Å². The van der Waals surface area contributed by atoms with Gasteiger partial charge in [-0.3, -0.25) is 9.80 Å². The fourth-order valence-corrected chi connectivity index (χ4v) is 4.42. The van der Waals surface area contributed by atoms with E-state index in [2.05, 4.69) is 9.80 Å². The minimum atomic E-state index is 0.289. The molecule has 0 amide bonds. The fraction of sp³-hybridized carbons (Fsp3) is 0.667. The fourth-order valence-electron chi connectivity index (χ4n) is 4.21. The Morgan fingerprint density at radius 2 is 2.00 bits per heavy atom. The summed E-state index contributed by atoms with van der Waals surface area (Å²) in [6.45, 7) is 6.46. The summed E-state index contributed by atoms with van der Waals surface area (Å²) in [4.78, 5) is 5.16. The smallest absolute Gasteiger partial charge is 0.231 e. The third-order valence-corrected chi connectivity index (χ3v) is 5.77. The Kier molecular flexibility index (Phi) is 4.86. The zero-order valence-corrected chi connectivity index (χ0v) is 14.9. The maximum atomic E-state index is 6.46. The van der Waals surface area contributed by atoms with Crippen molar-refractivity contribution in [1.29, 1.82) is 0 Å². The lowest BCUT2D eigenvalue weighted by molar-refractivity contribution is 0.0867. The number of benzene rings is 1. The third kappa shape index (κ3) is 3.36. The van der Waals surface area contributed by atoms with Gasteiger partial charge in [0.05, 0.1) is 6.61 Å². The molecule has 0 N–H and O–H groups in total. The summed E-state index contributed by atoms with van der Waals surface area (Å²) in [6, 6.07) is 4.56. The molecule has 0 unspecified atom stereocenters. The van der Waals surface area contributed by atoms with E-state index in [9.17, 15) is 0 Å². The van der Waals surface area contributed by atoms with Gasteiger partial charge in [-0.1, -0.05) is 11.6 Å². The molecule has 4 aliphatic rings. The van der Waals surface area contributed by atoms with E-state index in [1.54, 1.807) is 7.11 Å². The zero-order chi connectivity index (χ0) is 16.5. The molecule has 0 aliphatic carbocycles. The first-order chi connectivity index (χ1) is 11.7. The Labute approximate surface area is 148 Å². The molecule has 0 aromatic heterocycles. The SMILES string of the molecule is COCCN1C[C@H]2CC[C@@H]1CN(Cc1cc3c(cc1Cl)OCO3)C2. The summed E-state index contributed by atoms with van der Waals surface area (Å²) < 4.78 is 16.2. The Morgan fingerprint density at radius 3 is 2.83 bits per heavy atom. The summed E-state index contributed by atoms with van der Waals surface area (Å²) >= 11 is 6.46. The standard InChI is InChI=1S/C18H25ClN2O3/c1-22-5-4-21-9-13-2-3-15(21)11-20(8-13)10-14-6-17-18(7-16(14)19)24-12-23-17/h6-7,13,15H,2-5,8-12H2,1H3/t13-,15+/m0/s1. The molecule has 2 bridgehead atoms. The number of nitrogens with zero attached hydrogens (tertiary/aromatic N) is 2. The zero-order valence-electron chi connectivity index (χ0n) is 14.2. The highest BCUT2D eigenvalue weighted by Gasteiger charge is 2.34. The number of piperidine rings is 1. The van der Waals surface area contributed by atoms with Crippen molar-refractivity contribution >= 4 is 11.6 Å². The number of fused-ring (bicyclic) bond motifs is 5. The second-order valence-corrected chi connectivity index (χ2v) is 7.48. The van der Waals surface area contributed by atoms with E-state index in [0.717, 1.165) is 60.8 Å². The van der Waals surface area contributed by atoms with Crippen LogP contribution in [-0.2, 0) is 11.3 Å². The van der Waals surface area contributed by atoms with Crippen molar-refractivity contribution in [2.75, 3.05) is 46.7 Å². The van der Waals surface area contributed by atoms with Gasteiger partial charge < -0.3 is 14.2 Å². The Balaban J connectivity index is 1.46. The van der Waals surface area contributed by atoms with Gasteiger partial charge in [-0.15, -0.1) is 0 Å². The second-order valence-electron chi connectivity index (χ2n) is 7.08. The highest BCUT2D eigenvalue weighted by atomic mass is 35.5. The molecule has 1 aromatic carbocycles. The number of hydrogen-bond acceptors (Lipinski definition) is 5.